The van der Waals surface area contributed by atoms with Crippen LogP contribution < -0.4 is 0 Å². The Morgan fingerprint density at radius 3 is 2.43 bits per heavy atom. The molecule has 2 saturated carbocycles. The molecule has 4 aliphatic rings. The number of Topliss-reactive ketones (excluding diaryl/α,β-unsaturated/α-hetero) is 1. The summed E-state index contributed by atoms with van der Waals surface area (Å²) in [5, 5.41) is 0. The van der Waals surface area contributed by atoms with Gasteiger partial charge in [-0.15, -0.1) is 0 Å². The molecule has 28 heavy (non-hydrogen) atoms. The van der Waals surface area contributed by atoms with E-state index in [-0.39, 0.29) is 34.3 Å². The predicted octanol–water partition coefficient (Wildman–Crippen LogP) is 4.35. The average Bonchev–Trinajstić information content (AvgIpc) is 2.90. The standard InChI is InChI=1S/C24H30O4/c1-14-12-18-19(22(4)9-6-17(27)13-21(14)22)7-10-23(5)20(18)8-11-24(23,15(2)25)28-16(3)26/h6,9,12-13,18-20H,7-8,10-11H2,1-5H3/t18-,19+,20+,22-,23+,24-/m1/s1. The van der Waals surface area contributed by atoms with Crippen LogP contribution in [0, 0.1) is 28.6 Å². The summed E-state index contributed by atoms with van der Waals surface area (Å²) in [7, 11) is 0. The summed E-state index contributed by atoms with van der Waals surface area (Å²) in [6.45, 7) is 9.47. The average molecular weight is 383 g/mol. The van der Waals surface area contributed by atoms with Crippen LogP contribution in [0.3, 0.4) is 0 Å². The van der Waals surface area contributed by atoms with Crippen LogP contribution in [0.25, 0.3) is 0 Å². The fourth-order valence-electron chi connectivity index (χ4n) is 7.12. The number of ketones is 2. The van der Waals surface area contributed by atoms with E-state index in [4.69, 9.17) is 4.74 Å². The first-order valence-electron chi connectivity index (χ1n) is 10.4. The van der Waals surface area contributed by atoms with Gasteiger partial charge in [-0.25, -0.2) is 0 Å². The van der Waals surface area contributed by atoms with Crippen LogP contribution in [0.15, 0.2) is 35.5 Å². The number of hydrogen-bond acceptors (Lipinski definition) is 4. The summed E-state index contributed by atoms with van der Waals surface area (Å²) in [6.07, 6.45) is 11.2. The molecule has 0 bridgehead atoms. The van der Waals surface area contributed by atoms with Crippen LogP contribution in [-0.4, -0.2) is 23.1 Å². The van der Waals surface area contributed by atoms with Crippen LogP contribution in [0.2, 0.25) is 0 Å². The zero-order chi connectivity index (χ0) is 20.5. The van der Waals surface area contributed by atoms with E-state index in [1.807, 2.05) is 0 Å². The molecule has 0 aliphatic heterocycles. The SMILES string of the molecule is CC(=O)O[C@@]1(C(C)=O)CC[C@H]2[C@@H]3C=C(C)C4=CC(=O)C=C[C@]4(C)[C@H]3CC[C@@]21C. The molecule has 4 aliphatic carbocycles. The van der Waals surface area contributed by atoms with Gasteiger partial charge < -0.3 is 4.74 Å². The number of carbonyl (C=O) groups is 3. The molecule has 0 N–H and O–H groups in total. The molecule has 6 atom stereocenters. The molecule has 0 aromatic carbocycles. The van der Waals surface area contributed by atoms with Gasteiger partial charge in [0, 0.05) is 17.8 Å². The summed E-state index contributed by atoms with van der Waals surface area (Å²) in [6, 6.07) is 0. The van der Waals surface area contributed by atoms with Crippen molar-refractivity contribution in [3.05, 3.63) is 35.5 Å². The minimum atomic E-state index is -1.01. The van der Waals surface area contributed by atoms with Crippen molar-refractivity contribution in [1.29, 1.82) is 0 Å². The zero-order valence-corrected chi connectivity index (χ0v) is 17.5. The van der Waals surface area contributed by atoms with Crippen molar-refractivity contribution < 1.29 is 19.1 Å². The molecular formula is C24H30O4. The maximum atomic E-state index is 12.8. The Bertz CT molecular complexity index is 862. The number of esters is 1. The van der Waals surface area contributed by atoms with Gasteiger partial charge in [-0.05, 0) is 75.0 Å². The van der Waals surface area contributed by atoms with Gasteiger partial charge >= 0.3 is 5.97 Å². The third-order valence-electron chi connectivity index (χ3n) is 8.44. The first-order valence-corrected chi connectivity index (χ1v) is 10.4. The Morgan fingerprint density at radius 2 is 1.79 bits per heavy atom. The highest BCUT2D eigenvalue weighted by molar-refractivity contribution is 6.02. The first-order chi connectivity index (χ1) is 13.0. The van der Waals surface area contributed by atoms with E-state index in [1.54, 1.807) is 19.1 Å². The Balaban J connectivity index is 1.80. The summed E-state index contributed by atoms with van der Waals surface area (Å²) < 4.78 is 5.81. The Hall–Kier alpha value is -1.97. The van der Waals surface area contributed by atoms with Crippen molar-refractivity contribution in [3.8, 4) is 0 Å². The van der Waals surface area contributed by atoms with Crippen LogP contribution in [0.5, 0.6) is 0 Å². The molecule has 4 rings (SSSR count). The maximum Gasteiger partial charge on any atom is 0.303 e. The van der Waals surface area contributed by atoms with E-state index in [9.17, 15) is 14.4 Å². The van der Waals surface area contributed by atoms with Crippen molar-refractivity contribution >= 4 is 17.5 Å². The zero-order valence-electron chi connectivity index (χ0n) is 17.5. The maximum absolute atomic E-state index is 12.8. The molecule has 0 unspecified atom stereocenters. The van der Waals surface area contributed by atoms with Gasteiger partial charge in [0.2, 0.25) is 0 Å². The highest BCUT2D eigenvalue weighted by Gasteiger charge is 2.67. The smallest absolute Gasteiger partial charge is 0.303 e. The number of fused-ring (bicyclic) bond motifs is 5. The minimum absolute atomic E-state index is 0.0300. The lowest BCUT2D eigenvalue weighted by Gasteiger charge is -2.57. The van der Waals surface area contributed by atoms with E-state index < -0.39 is 5.60 Å². The van der Waals surface area contributed by atoms with E-state index in [0.717, 1.165) is 24.8 Å². The van der Waals surface area contributed by atoms with Gasteiger partial charge in [0.25, 0.3) is 0 Å². The summed E-state index contributed by atoms with van der Waals surface area (Å²) in [5.74, 6) is 0.651. The molecule has 4 heteroatoms. The Kier molecular flexibility index (Phi) is 4.16. The van der Waals surface area contributed by atoms with E-state index in [0.29, 0.717) is 18.3 Å². The highest BCUT2D eigenvalue weighted by atomic mass is 16.6. The molecule has 0 aromatic rings. The van der Waals surface area contributed by atoms with E-state index >= 15 is 0 Å². The van der Waals surface area contributed by atoms with Crippen LogP contribution >= 0.6 is 0 Å². The molecule has 2 fully saturated rings. The lowest BCUT2D eigenvalue weighted by atomic mass is 9.48. The predicted molar refractivity (Wildman–Crippen MR) is 106 cm³/mol. The second-order valence-corrected chi connectivity index (χ2v) is 9.69. The molecule has 0 spiro atoms. The molecule has 0 saturated heterocycles. The van der Waals surface area contributed by atoms with Crippen molar-refractivity contribution in [3.63, 3.8) is 0 Å². The minimum Gasteiger partial charge on any atom is -0.451 e. The first kappa shape index (κ1) is 19.4. The third-order valence-corrected chi connectivity index (χ3v) is 8.44. The second-order valence-electron chi connectivity index (χ2n) is 9.69. The number of rotatable bonds is 2. The Labute approximate surface area is 167 Å². The van der Waals surface area contributed by atoms with Crippen LogP contribution in [-0.2, 0) is 19.1 Å². The van der Waals surface area contributed by atoms with Crippen molar-refractivity contribution in [1.82, 2.24) is 0 Å². The monoisotopic (exact) mass is 382 g/mol. The van der Waals surface area contributed by atoms with Gasteiger partial charge in [-0.2, -0.15) is 0 Å². The van der Waals surface area contributed by atoms with Crippen LogP contribution in [0.1, 0.15) is 60.3 Å². The molecule has 150 valence electrons. The fourth-order valence-corrected chi connectivity index (χ4v) is 7.12. The summed E-state index contributed by atoms with van der Waals surface area (Å²) in [4.78, 5) is 36.6. The lowest BCUT2D eigenvalue weighted by Crippen LogP contribution is -2.58. The van der Waals surface area contributed by atoms with E-state index in [1.165, 1.54) is 12.5 Å². The summed E-state index contributed by atoms with van der Waals surface area (Å²) >= 11 is 0. The molecule has 4 nitrogen and oxygen atoms in total. The number of hydrogen-bond donors (Lipinski definition) is 0. The quantitative estimate of drug-likeness (QED) is 0.666. The van der Waals surface area contributed by atoms with Crippen molar-refractivity contribution in [2.45, 2.75) is 65.9 Å². The fraction of sp³-hybridized carbons (Fsp3) is 0.625. The molecule has 0 heterocycles. The topological polar surface area (TPSA) is 60.4 Å². The van der Waals surface area contributed by atoms with Gasteiger partial charge in [-0.1, -0.05) is 31.6 Å². The normalized spacial score (nSPS) is 44.0. The molecule has 0 amide bonds. The molecule has 0 aromatic heterocycles. The third kappa shape index (κ3) is 2.33. The summed E-state index contributed by atoms with van der Waals surface area (Å²) in [5.41, 5.74) is 0.792. The van der Waals surface area contributed by atoms with E-state index in [2.05, 4.69) is 32.9 Å². The number of ether oxygens (including phenoxy) is 1. The van der Waals surface area contributed by atoms with Crippen molar-refractivity contribution in [2.75, 3.05) is 0 Å². The highest BCUT2D eigenvalue weighted by Crippen LogP contribution is 2.67. The van der Waals surface area contributed by atoms with Gasteiger partial charge in [0.1, 0.15) is 0 Å². The lowest BCUT2D eigenvalue weighted by molar-refractivity contribution is -0.184. The van der Waals surface area contributed by atoms with Gasteiger partial charge in [0.05, 0.1) is 0 Å². The number of allylic oxidation sites excluding steroid dienone is 6. The van der Waals surface area contributed by atoms with Crippen molar-refractivity contribution in [2.24, 2.45) is 28.6 Å². The van der Waals surface area contributed by atoms with Gasteiger partial charge in [0.15, 0.2) is 17.2 Å². The number of carbonyl (C=O) groups excluding carboxylic acids is 3. The molecule has 0 radical (unpaired) electrons. The molecular weight excluding hydrogens is 352 g/mol. The van der Waals surface area contributed by atoms with Gasteiger partial charge in [-0.3, -0.25) is 14.4 Å². The largest absolute Gasteiger partial charge is 0.451 e. The Morgan fingerprint density at radius 1 is 1.11 bits per heavy atom. The second kappa shape index (κ2) is 6.01. The van der Waals surface area contributed by atoms with Crippen LogP contribution in [0.4, 0.5) is 0 Å².